The van der Waals surface area contributed by atoms with E-state index in [9.17, 15) is 4.79 Å². The molecule has 0 aliphatic heterocycles. The first kappa shape index (κ1) is 12.1. The van der Waals surface area contributed by atoms with Crippen LogP contribution in [0.5, 0.6) is 0 Å². The van der Waals surface area contributed by atoms with Crippen LogP contribution in [0.3, 0.4) is 0 Å². The van der Waals surface area contributed by atoms with Gasteiger partial charge in [0.25, 0.3) is 0 Å². The van der Waals surface area contributed by atoms with Gasteiger partial charge < -0.3 is 10.5 Å². The van der Waals surface area contributed by atoms with Gasteiger partial charge in [-0.25, -0.2) is 9.78 Å². The first-order chi connectivity index (χ1) is 8.69. The number of methoxy groups -OCH3 is 1. The van der Waals surface area contributed by atoms with Crippen molar-refractivity contribution in [2.75, 3.05) is 12.8 Å². The summed E-state index contributed by atoms with van der Waals surface area (Å²) >= 11 is 0. The molecular weight excluding hydrogens is 232 g/mol. The summed E-state index contributed by atoms with van der Waals surface area (Å²) in [6.45, 7) is 1.94. The monoisotopic (exact) mass is 246 g/mol. The van der Waals surface area contributed by atoms with E-state index in [2.05, 4.69) is 14.7 Å². The maximum Gasteiger partial charge on any atom is 0.360 e. The van der Waals surface area contributed by atoms with Gasteiger partial charge in [0.15, 0.2) is 5.69 Å². The number of esters is 1. The third-order valence-electron chi connectivity index (χ3n) is 2.58. The average Bonchev–Trinajstić information content (AvgIpc) is 2.75. The van der Waals surface area contributed by atoms with Gasteiger partial charge >= 0.3 is 5.97 Å². The molecule has 0 amide bonds. The van der Waals surface area contributed by atoms with E-state index in [0.29, 0.717) is 12.2 Å². The molecule has 0 spiro atoms. The number of rotatable bonds is 3. The number of pyridine rings is 1. The van der Waals surface area contributed by atoms with Crippen molar-refractivity contribution in [3.05, 3.63) is 36.0 Å². The van der Waals surface area contributed by atoms with Gasteiger partial charge in [-0.1, -0.05) is 6.92 Å². The molecule has 2 rings (SSSR count). The standard InChI is InChI=1S/C12H14N4O2/c1-3-9-15-10(12(17)18-2)11(13)16(9)8-5-4-6-14-7-8/h4-7H,3,13H2,1-2H3. The molecule has 94 valence electrons. The molecule has 0 aromatic carbocycles. The van der Waals surface area contributed by atoms with Crippen LogP contribution in [-0.4, -0.2) is 27.6 Å². The lowest BCUT2D eigenvalue weighted by Crippen LogP contribution is -2.08. The molecule has 0 unspecified atom stereocenters. The molecule has 0 bridgehead atoms. The van der Waals surface area contributed by atoms with Crippen molar-refractivity contribution < 1.29 is 9.53 Å². The van der Waals surface area contributed by atoms with E-state index in [1.807, 2.05) is 13.0 Å². The van der Waals surface area contributed by atoms with Crippen molar-refractivity contribution in [3.63, 3.8) is 0 Å². The fraction of sp³-hybridized carbons (Fsp3) is 0.250. The molecule has 0 atom stereocenters. The lowest BCUT2D eigenvalue weighted by atomic mass is 10.3. The second-order valence-electron chi connectivity index (χ2n) is 3.65. The molecule has 0 saturated carbocycles. The van der Waals surface area contributed by atoms with E-state index in [-0.39, 0.29) is 11.5 Å². The molecule has 6 heteroatoms. The minimum absolute atomic E-state index is 0.137. The summed E-state index contributed by atoms with van der Waals surface area (Å²) in [6.07, 6.45) is 3.98. The van der Waals surface area contributed by atoms with E-state index in [1.54, 1.807) is 23.0 Å². The zero-order valence-electron chi connectivity index (χ0n) is 10.3. The molecule has 18 heavy (non-hydrogen) atoms. The minimum atomic E-state index is -0.537. The number of hydrogen-bond donors (Lipinski definition) is 1. The van der Waals surface area contributed by atoms with Crippen LogP contribution < -0.4 is 5.73 Å². The van der Waals surface area contributed by atoms with Crippen LogP contribution in [0.25, 0.3) is 5.69 Å². The van der Waals surface area contributed by atoms with Crippen molar-refractivity contribution in [2.24, 2.45) is 0 Å². The summed E-state index contributed by atoms with van der Waals surface area (Å²) in [5.74, 6) is 0.428. The largest absolute Gasteiger partial charge is 0.464 e. The van der Waals surface area contributed by atoms with Gasteiger partial charge in [-0.15, -0.1) is 0 Å². The number of hydrogen-bond acceptors (Lipinski definition) is 5. The maximum atomic E-state index is 11.6. The van der Waals surface area contributed by atoms with Gasteiger partial charge in [0, 0.05) is 12.6 Å². The number of aryl methyl sites for hydroxylation is 1. The Morgan fingerprint density at radius 2 is 2.33 bits per heavy atom. The number of anilines is 1. The first-order valence-electron chi connectivity index (χ1n) is 5.54. The molecule has 0 fully saturated rings. The van der Waals surface area contributed by atoms with Gasteiger partial charge in [0.1, 0.15) is 11.6 Å². The molecule has 2 heterocycles. The number of imidazole rings is 1. The highest BCUT2D eigenvalue weighted by Crippen LogP contribution is 2.21. The summed E-state index contributed by atoms with van der Waals surface area (Å²) in [4.78, 5) is 19.8. The highest BCUT2D eigenvalue weighted by atomic mass is 16.5. The van der Waals surface area contributed by atoms with Crippen LogP contribution in [0.1, 0.15) is 23.2 Å². The Morgan fingerprint density at radius 1 is 1.56 bits per heavy atom. The lowest BCUT2D eigenvalue weighted by Gasteiger charge is -2.07. The Labute approximate surface area is 104 Å². The fourth-order valence-electron chi connectivity index (χ4n) is 1.74. The van der Waals surface area contributed by atoms with Crippen LogP contribution in [-0.2, 0) is 11.2 Å². The molecule has 2 N–H and O–H groups in total. The van der Waals surface area contributed by atoms with E-state index < -0.39 is 5.97 Å². The van der Waals surface area contributed by atoms with Gasteiger partial charge in [-0.05, 0) is 12.1 Å². The zero-order chi connectivity index (χ0) is 13.1. The second kappa shape index (κ2) is 4.87. The predicted molar refractivity (Wildman–Crippen MR) is 66.5 cm³/mol. The third kappa shape index (κ3) is 1.92. The number of carbonyl (C=O) groups excluding carboxylic acids is 1. The number of nitrogens with two attached hydrogens (primary N) is 1. The molecular formula is C12H14N4O2. The quantitative estimate of drug-likeness (QED) is 0.823. The zero-order valence-corrected chi connectivity index (χ0v) is 10.3. The molecule has 2 aromatic heterocycles. The average molecular weight is 246 g/mol. The molecule has 0 aliphatic rings. The normalized spacial score (nSPS) is 10.3. The van der Waals surface area contributed by atoms with Crippen LogP contribution >= 0.6 is 0 Å². The second-order valence-corrected chi connectivity index (χ2v) is 3.65. The first-order valence-corrected chi connectivity index (χ1v) is 5.54. The van der Waals surface area contributed by atoms with Crippen molar-refractivity contribution in [2.45, 2.75) is 13.3 Å². The highest BCUT2D eigenvalue weighted by Gasteiger charge is 2.21. The summed E-state index contributed by atoms with van der Waals surface area (Å²) in [5, 5.41) is 0. The van der Waals surface area contributed by atoms with Gasteiger partial charge in [0.05, 0.1) is 19.0 Å². The van der Waals surface area contributed by atoms with Gasteiger partial charge in [0.2, 0.25) is 0 Å². The third-order valence-corrected chi connectivity index (χ3v) is 2.58. The number of carbonyl (C=O) groups is 1. The lowest BCUT2D eigenvalue weighted by molar-refractivity contribution is 0.0596. The van der Waals surface area contributed by atoms with Crippen LogP contribution in [0, 0.1) is 0 Å². The summed E-state index contributed by atoms with van der Waals surface area (Å²) < 4.78 is 6.36. The molecule has 0 radical (unpaired) electrons. The van der Waals surface area contributed by atoms with Gasteiger partial charge in [-0.3, -0.25) is 9.55 Å². The molecule has 6 nitrogen and oxygen atoms in total. The number of aromatic nitrogens is 3. The van der Waals surface area contributed by atoms with Gasteiger partial charge in [-0.2, -0.15) is 0 Å². The van der Waals surface area contributed by atoms with Crippen LogP contribution in [0.15, 0.2) is 24.5 Å². The van der Waals surface area contributed by atoms with E-state index in [0.717, 1.165) is 5.69 Å². The molecule has 2 aromatic rings. The molecule has 0 aliphatic carbocycles. The smallest absolute Gasteiger partial charge is 0.360 e. The SMILES string of the molecule is CCc1nc(C(=O)OC)c(N)n1-c1cccnc1. The van der Waals surface area contributed by atoms with Crippen molar-refractivity contribution >= 4 is 11.8 Å². The van der Waals surface area contributed by atoms with Crippen molar-refractivity contribution in [3.8, 4) is 5.69 Å². The maximum absolute atomic E-state index is 11.6. The molecule has 0 saturated heterocycles. The van der Waals surface area contributed by atoms with Crippen molar-refractivity contribution in [1.29, 1.82) is 0 Å². The Hall–Kier alpha value is -2.37. The number of ether oxygens (including phenoxy) is 1. The highest BCUT2D eigenvalue weighted by molar-refractivity contribution is 5.92. The predicted octanol–water partition coefficient (Wildman–Crippen LogP) is 1.20. The summed E-state index contributed by atoms with van der Waals surface area (Å²) in [6, 6.07) is 3.65. The Balaban J connectivity index is 2.60. The Morgan fingerprint density at radius 3 is 2.89 bits per heavy atom. The van der Waals surface area contributed by atoms with Crippen molar-refractivity contribution in [1.82, 2.24) is 14.5 Å². The Bertz CT molecular complexity index is 563. The van der Waals surface area contributed by atoms with Crippen LogP contribution in [0.4, 0.5) is 5.82 Å². The minimum Gasteiger partial charge on any atom is -0.464 e. The number of nitrogen functional groups attached to an aromatic ring is 1. The summed E-state index contributed by atoms with van der Waals surface area (Å²) in [7, 11) is 1.30. The van der Waals surface area contributed by atoms with Crippen LogP contribution in [0.2, 0.25) is 0 Å². The summed E-state index contributed by atoms with van der Waals surface area (Å²) in [5.41, 5.74) is 6.87. The van der Waals surface area contributed by atoms with E-state index in [4.69, 9.17) is 5.73 Å². The van der Waals surface area contributed by atoms with E-state index in [1.165, 1.54) is 7.11 Å². The Kier molecular flexibility index (Phi) is 3.27. The van der Waals surface area contributed by atoms with E-state index >= 15 is 0 Å². The fourth-order valence-corrected chi connectivity index (χ4v) is 1.74. The topological polar surface area (TPSA) is 83.0 Å². The number of nitrogens with zero attached hydrogens (tertiary/aromatic N) is 3.